The number of rotatable bonds is 6. The zero-order valence-corrected chi connectivity index (χ0v) is 16.4. The first-order valence-corrected chi connectivity index (χ1v) is 9.31. The van der Waals surface area contributed by atoms with Gasteiger partial charge in [-0.05, 0) is 45.2 Å². The summed E-state index contributed by atoms with van der Waals surface area (Å²) in [4.78, 5) is 12.4. The molecule has 0 radical (unpaired) electrons. The van der Waals surface area contributed by atoms with Crippen LogP contribution in [0.15, 0.2) is 53.3 Å². The maximum Gasteiger partial charge on any atom is 0.220 e. The minimum atomic E-state index is -0.0165. The van der Waals surface area contributed by atoms with E-state index in [2.05, 4.69) is 49.4 Å². The number of aryl methyl sites for hydroxylation is 4. The topological polar surface area (TPSA) is 55.1 Å². The molecule has 0 saturated heterocycles. The van der Waals surface area contributed by atoms with Crippen molar-refractivity contribution in [3.05, 3.63) is 76.5 Å². The van der Waals surface area contributed by atoms with E-state index in [4.69, 9.17) is 4.52 Å². The third-order valence-electron chi connectivity index (χ3n) is 4.86. The second-order valence-corrected chi connectivity index (χ2v) is 7.20. The minimum absolute atomic E-state index is 0.0165. The van der Waals surface area contributed by atoms with E-state index < -0.39 is 0 Å². The van der Waals surface area contributed by atoms with Crippen molar-refractivity contribution in [2.45, 2.75) is 46.6 Å². The van der Waals surface area contributed by atoms with Crippen LogP contribution in [0.4, 0.5) is 0 Å². The van der Waals surface area contributed by atoms with Gasteiger partial charge >= 0.3 is 0 Å². The Labute approximate surface area is 160 Å². The van der Waals surface area contributed by atoms with Gasteiger partial charge in [0, 0.05) is 17.5 Å². The summed E-state index contributed by atoms with van der Waals surface area (Å²) in [6.07, 6.45) is 2.63. The van der Waals surface area contributed by atoms with Crippen molar-refractivity contribution in [2.24, 2.45) is 0 Å². The summed E-state index contributed by atoms with van der Waals surface area (Å²) in [7, 11) is 0. The third-order valence-corrected chi connectivity index (χ3v) is 4.86. The predicted octanol–water partition coefficient (Wildman–Crippen LogP) is 5.08. The maximum absolute atomic E-state index is 12.4. The molecule has 0 aliphatic carbocycles. The number of carbonyl (C=O) groups is 1. The average molecular weight is 362 g/mol. The summed E-state index contributed by atoms with van der Waals surface area (Å²) < 4.78 is 5.16. The fourth-order valence-corrected chi connectivity index (χ4v) is 3.34. The second-order valence-electron chi connectivity index (χ2n) is 7.20. The molecule has 27 heavy (non-hydrogen) atoms. The minimum Gasteiger partial charge on any atom is -0.364 e. The van der Waals surface area contributed by atoms with Crippen LogP contribution in [0, 0.1) is 20.8 Å². The molecule has 0 saturated carbocycles. The van der Waals surface area contributed by atoms with E-state index in [-0.39, 0.29) is 11.9 Å². The molecule has 1 aromatic heterocycles. The molecule has 1 N–H and O–H groups in total. The number of benzene rings is 2. The summed E-state index contributed by atoms with van der Waals surface area (Å²) >= 11 is 0. The van der Waals surface area contributed by atoms with E-state index in [0.29, 0.717) is 12.8 Å². The van der Waals surface area contributed by atoms with Gasteiger partial charge in [0.1, 0.15) is 12.0 Å². The largest absolute Gasteiger partial charge is 0.364 e. The Bertz CT molecular complexity index is 926. The Morgan fingerprint density at radius 2 is 1.78 bits per heavy atom. The van der Waals surface area contributed by atoms with E-state index in [9.17, 15) is 4.79 Å². The number of nitrogens with zero attached hydrogens (tertiary/aromatic N) is 1. The van der Waals surface area contributed by atoms with Gasteiger partial charge in [-0.15, -0.1) is 0 Å². The van der Waals surface area contributed by atoms with Gasteiger partial charge in [0.15, 0.2) is 0 Å². The zero-order valence-electron chi connectivity index (χ0n) is 16.4. The van der Waals surface area contributed by atoms with Crippen LogP contribution < -0.4 is 5.32 Å². The average Bonchev–Trinajstić information content (AvgIpc) is 3.09. The SMILES string of the molecule is Cc1ccc(-c2nocc2CCC(=O)N[C@H](C)c2ccc(C)cc2C)cc1. The maximum atomic E-state index is 12.4. The van der Waals surface area contributed by atoms with Gasteiger partial charge in [-0.3, -0.25) is 4.79 Å². The highest BCUT2D eigenvalue weighted by atomic mass is 16.5. The highest BCUT2D eigenvalue weighted by Gasteiger charge is 2.15. The van der Waals surface area contributed by atoms with Gasteiger partial charge in [-0.25, -0.2) is 0 Å². The summed E-state index contributed by atoms with van der Waals surface area (Å²) in [6.45, 7) is 8.22. The Balaban J connectivity index is 1.61. The van der Waals surface area contributed by atoms with Gasteiger partial charge < -0.3 is 9.84 Å². The number of carbonyl (C=O) groups excluding carboxylic acids is 1. The van der Waals surface area contributed by atoms with Crippen molar-refractivity contribution >= 4 is 5.91 Å². The summed E-state index contributed by atoms with van der Waals surface area (Å²) in [6, 6.07) is 14.4. The molecule has 0 fully saturated rings. The van der Waals surface area contributed by atoms with Crippen LogP contribution >= 0.6 is 0 Å². The molecule has 4 heteroatoms. The van der Waals surface area contributed by atoms with E-state index in [1.165, 1.54) is 16.7 Å². The lowest BCUT2D eigenvalue weighted by atomic mass is 10.00. The number of aromatic nitrogens is 1. The van der Waals surface area contributed by atoms with Gasteiger partial charge in [0.25, 0.3) is 0 Å². The van der Waals surface area contributed by atoms with Crippen molar-refractivity contribution < 1.29 is 9.32 Å². The van der Waals surface area contributed by atoms with Crippen LogP contribution in [0.5, 0.6) is 0 Å². The van der Waals surface area contributed by atoms with Crippen molar-refractivity contribution in [1.29, 1.82) is 0 Å². The first-order valence-electron chi connectivity index (χ1n) is 9.31. The normalized spacial score (nSPS) is 12.0. The molecule has 0 aliphatic rings. The predicted molar refractivity (Wildman–Crippen MR) is 107 cm³/mol. The van der Waals surface area contributed by atoms with E-state index in [1.54, 1.807) is 6.26 Å². The first-order chi connectivity index (χ1) is 12.9. The van der Waals surface area contributed by atoms with Gasteiger partial charge in [0.2, 0.25) is 5.91 Å². The molecule has 0 unspecified atom stereocenters. The van der Waals surface area contributed by atoms with Crippen molar-refractivity contribution in [2.75, 3.05) is 0 Å². The standard InChI is InChI=1S/C23H26N2O2/c1-15-5-8-19(9-6-15)23-20(14-27-25-23)10-12-22(26)24-18(4)21-11-7-16(2)13-17(21)3/h5-9,11,13-14,18H,10,12H2,1-4H3,(H,24,26)/t18-/m1/s1. The lowest BCUT2D eigenvalue weighted by molar-refractivity contribution is -0.121. The zero-order chi connectivity index (χ0) is 19.4. The van der Waals surface area contributed by atoms with Crippen molar-refractivity contribution in [3.8, 4) is 11.3 Å². The molecule has 1 amide bonds. The Kier molecular flexibility index (Phi) is 5.75. The molecule has 3 rings (SSSR count). The third kappa shape index (κ3) is 4.64. The van der Waals surface area contributed by atoms with E-state index in [0.717, 1.165) is 22.4 Å². The van der Waals surface area contributed by atoms with Gasteiger partial charge in [-0.2, -0.15) is 0 Å². The monoisotopic (exact) mass is 362 g/mol. The van der Waals surface area contributed by atoms with Crippen LogP contribution in [0.1, 0.15) is 47.2 Å². The van der Waals surface area contributed by atoms with Crippen LogP contribution in [-0.4, -0.2) is 11.1 Å². The molecular weight excluding hydrogens is 336 g/mol. The molecule has 1 heterocycles. The van der Waals surface area contributed by atoms with Crippen LogP contribution in [0.2, 0.25) is 0 Å². The van der Waals surface area contributed by atoms with Crippen LogP contribution in [-0.2, 0) is 11.2 Å². The highest BCUT2D eigenvalue weighted by molar-refractivity contribution is 5.77. The molecule has 3 aromatic rings. The molecule has 0 aliphatic heterocycles. The number of hydrogen-bond acceptors (Lipinski definition) is 3. The second kappa shape index (κ2) is 8.21. The number of nitrogens with one attached hydrogen (secondary N) is 1. The van der Waals surface area contributed by atoms with E-state index >= 15 is 0 Å². The van der Waals surface area contributed by atoms with Crippen LogP contribution in [0.3, 0.4) is 0 Å². The fourth-order valence-electron chi connectivity index (χ4n) is 3.34. The Morgan fingerprint density at radius 3 is 2.48 bits per heavy atom. The highest BCUT2D eigenvalue weighted by Crippen LogP contribution is 2.24. The fraction of sp³-hybridized carbons (Fsp3) is 0.304. The molecule has 1 atom stereocenters. The summed E-state index contributed by atoms with van der Waals surface area (Å²) in [5, 5.41) is 7.21. The first kappa shape index (κ1) is 18.9. The smallest absolute Gasteiger partial charge is 0.220 e. The summed E-state index contributed by atoms with van der Waals surface area (Å²) in [5.41, 5.74) is 7.55. The van der Waals surface area contributed by atoms with Gasteiger partial charge in [-0.1, -0.05) is 58.7 Å². The Hall–Kier alpha value is -2.88. The van der Waals surface area contributed by atoms with Crippen LogP contribution in [0.25, 0.3) is 11.3 Å². The quantitative estimate of drug-likeness (QED) is 0.665. The molecular formula is C23H26N2O2. The molecule has 4 nitrogen and oxygen atoms in total. The summed E-state index contributed by atoms with van der Waals surface area (Å²) in [5.74, 6) is 0.0264. The van der Waals surface area contributed by atoms with Gasteiger partial charge in [0.05, 0.1) is 6.04 Å². The number of hydrogen-bond donors (Lipinski definition) is 1. The van der Waals surface area contributed by atoms with Crippen molar-refractivity contribution in [1.82, 2.24) is 10.5 Å². The van der Waals surface area contributed by atoms with Crippen molar-refractivity contribution in [3.63, 3.8) is 0 Å². The molecule has 0 bridgehead atoms. The Morgan fingerprint density at radius 1 is 1.07 bits per heavy atom. The molecule has 140 valence electrons. The lowest BCUT2D eigenvalue weighted by Gasteiger charge is -2.17. The lowest BCUT2D eigenvalue weighted by Crippen LogP contribution is -2.27. The molecule has 2 aromatic carbocycles. The van der Waals surface area contributed by atoms with E-state index in [1.807, 2.05) is 31.2 Å². The number of amides is 1. The molecule has 0 spiro atoms.